The number of halogens is 3. The van der Waals surface area contributed by atoms with Crippen molar-refractivity contribution in [2.24, 2.45) is 5.73 Å². The van der Waals surface area contributed by atoms with Gasteiger partial charge in [-0.05, 0) is 31.2 Å². The van der Waals surface area contributed by atoms with E-state index in [9.17, 15) is 4.39 Å². The first-order valence-electron chi connectivity index (χ1n) is 6.01. The second-order valence-electron chi connectivity index (χ2n) is 4.42. The number of nitrogens with zero attached hydrogens (tertiary/aromatic N) is 3. The molecule has 3 rings (SSSR count). The van der Waals surface area contributed by atoms with Crippen molar-refractivity contribution in [2.45, 2.75) is 13.0 Å². The molecule has 7 heteroatoms. The van der Waals surface area contributed by atoms with Gasteiger partial charge in [0, 0.05) is 12.3 Å². The summed E-state index contributed by atoms with van der Waals surface area (Å²) in [6.45, 7) is 1.84. The SMILES string of the molecule is CC(N)c1nc2cc(F)ccc2n1-c1ccccn1.Cl.Cl. The number of aromatic nitrogens is 3. The highest BCUT2D eigenvalue weighted by Gasteiger charge is 2.16. The van der Waals surface area contributed by atoms with Crippen molar-refractivity contribution in [1.82, 2.24) is 14.5 Å². The molecule has 2 heterocycles. The number of fused-ring (bicyclic) bond motifs is 1. The maximum Gasteiger partial charge on any atom is 0.138 e. The molecule has 0 amide bonds. The van der Waals surface area contributed by atoms with Crippen LogP contribution in [0.25, 0.3) is 16.9 Å². The second-order valence-corrected chi connectivity index (χ2v) is 4.42. The van der Waals surface area contributed by atoms with Gasteiger partial charge in [-0.25, -0.2) is 14.4 Å². The van der Waals surface area contributed by atoms with Crippen LogP contribution in [0, 0.1) is 5.82 Å². The van der Waals surface area contributed by atoms with Crippen molar-refractivity contribution in [3.8, 4) is 5.82 Å². The summed E-state index contributed by atoms with van der Waals surface area (Å²) in [5.74, 6) is 1.08. The summed E-state index contributed by atoms with van der Waals surface area (Å²) in [6.07, 6.45) is 1.70. The lowest BCUT2D eigenvalue weighted by Crippen LogP contribution is -2.13. The third-order valence-corrected chi connectivity index (χ3v) is 2.93. The molecule has 0 aliphatic heterocycles. The number of imidazole rings is 1. The predicted octanol–water partition coefficient (Wildman–Crippen LogP) is 3.42. The Morgan fingerprint density at radius 1 is 1.19 bits per heavy atom. The average Bonchev–Trinajstić information content (AvgIpc) is 2.78. The third kappa shape index (κ3) is 3.15. The second kappa shape index (κ2) is 6.85. The van der Waals surface area contributed by atoms with E-state index in [2.05, 4.69) is 9.97 Å². The van der Waals surface area contributed by atoms with Crippen LogP contribution >= 0.6 is 24.8 Å². The molecule has 0 bridgehead atoms. The molecular formula is C14H15Cl2FN4. The standard InChI is InChI=1S/C14H13FN4.2ClH/c1-9(16)14-18-11-8-10(15)5-6-12(11)19(14)13-4-2-3-7-17-13;;/h2-9H,16H2,1H3;2*1H. The summed E-state index contributed by atoms with van der Waals surface area (Å²) in [7, 11) is 0. The summed E-state index contributed by atoms with van der Waals surface area (Å²) in [5.41, 5.74) is 7.33. The first-order chi connectivity index (χ1) is 9.16. The largest absolute Gasteiger partial charge is 0.322 e. The number of pyridine rings is 1. The van der Waals surface area contributed by atoms with Crippen molar-refractivity contribution in [1.29, 1.82) is 0 Å². The van der Waals surface area contributed by atoms with Gasteiger partial charge in [0.1, 0.15) is 17.5 Å². The van der Waals surface area contributed by atoms with E-state index in [4.69, 9.17) is 5.73 Å². The Balaban J connectivity index is 0.00000110. The molecule has 0 saturated heterocycles. The van der Waals surface area contributed by atoms with Gasteiger partial charge in [-0.15, -0.1) is 24.8 Å². The van der Waals surface area contributed by atoms with Crippen LogP contribution in [0.3, 0.4) is 0 Å². The maximum atomic E-state index is 13.3. The minimum Gasteiger partial charge on any atom is -0.322 e. The van der Waals surface area contributed by atoms with E-state index in [0.717, 1.165) is 11.3 Å². The Morgan fingerprint density at radius 3 is 2.57 bits per heavy atom. The van der Waals surface area contributed by atoms with E-state index >= 15 is 0 Å². The molecule has 0 spiro atoms. The Labute approximate surface area is 134 Å². The van der Waals surface area contributed by atoms with E-state index < -0.39 is 0 Å². The molecule has 112 valence electrons. The van der Waals surface area contributed by atoms with Gasteiger partial charge in [0.2, 0.25) is 0 Å². The highest BCUT2D eigenvalue weighted by Crippen LogP contribution is 2.23. The zero-order chi connectivity index (χ0) is 13.4. The van der Waals surface area contributed by atoms with Crippen molar-refractivity contribution < 1.29 is 4.39 Å². The van der Waals surface area contributed by atoms with E-state index in [-0.39, 0.29) is 36.7 Å². The van der Waals surface area contributed by atoms with Crippen LogP contribution in [0.5, 0.6) is 0 Å². The fourth-order valence-electron chi connectivity index (χ4n) is 2.10. The number of hydrogen-bond donors (Lipinski definition) is 1. The highest BCUT2D eigenvalue weighted by atomic mass is 35.5. The molecule has 4 nitrogen and oxygen atoms in total. The van der Waals surface area contributed by atoms with E-state index in [1.807, 2.05) is 29.7 Å². The topological polar surface area (TPSA) is 56.7 Å². The van der Waals surface area contributed by atoms with Gasteiger partial charge >= 0.3 is 0 Å². The molecule has 0 fully saturated rings. The fraction of sp³-hybridized carbons (Fsp3) is 0.143. The zero-order valence-electron chi connectivity index (χ0n) is 11.2. The number of benzene rings is 1. The van der Waals surface area contributed by atoms with Crippen LogP contribution in [0.1, 0.15) is 18.8 Å². The third-order valence-electron chi connectivity index (χ3n) is 2.93. The smallest absolute Gasteiger partial charge is 0.138 e. The molecule has 1 atom stereocenters. The monoisotopic (exact) mass is 328 g/mol. The van der Waals surface area contributed by atoms with Crippen molar-refractivity contribution in [3.05, 3.63) is 54.2 Å². The van der Waals surface area contributed by atoms with E-state index in [0.29, 0.717) is 11.3 Å². The van der Waals surface area contributed by atoms with Gasteiger partial charge in [-0.2, -0.15) is 0 Å². The lowest BCUT2D eigenvalue weighted by atomic mass is 10.3. The summed E-state index contributed by atoms with van der Waals surface area (Å²) in [4.78, 5) is 8.72. The summed E-state index contributed by atoms with van der Waals surface area (Å²) < 4.78 is 15.1. The summed E-state index contributed by atoms with van der Waals surface area (Å²) in [5, 5.41) is 0. The molecule has 1 unspecified atom stereocenters. The first-order valence-corrected chi connectivity index (χ1v) is 6.01. The molecule has 2 N–H and O–H groups in total. The van der Waals surface area contributed by atoms with Crippen LogP contribution in [-0.2, 0) is 0 Å². The first kappa shape index (κ1) is 17.4. The van der Waals surface area contributed by atoms with E-state index in [1.165, 1.54) is 12.1 Å². The van der Waals surface area contributed by atoms with Crippen LogP contribution in [-0.4, -0.2) is 14.5 Å². The quantitative estimate of drug-likeness (QED) is 0.784. The fourth-order valence-corrected chi connectivity index (χ4v) is 2.10. The van der Waals surface area contributed by atoms with Crippen LogP contribution in [0.15, 0.2) is 42.6 Å². The molecule has 0 aliphatic rings. The number of hydrogen-bond acceptors (Lipinski definition) is 3. The molecule has 0 saturated carbocycles. The lowest BCUT2D eigenvalue weighted by molar-refractivity contribution is 0.629. The van der Waals surface area contributed by atoms with Crippen molar-refractivity contribution >= 4 is 35.8 Å². The molecule has 21 heavy (non-hydrogen) atoms. The Morgan fingerprint density at radius 2 is 1.95 bits per heavy atom. The van der Waals surface area contributed by atoms with Gasteiger partial charge in [-0.3, -0.25) is 4.57 Å². The minimum atomic E-state index is -0.311. The van der Waals surface area contributed by atoms with Gasteiger partial charge in [0.25, 0.3) is 0 Å². The van der Waals surface area contributed by atoms with Crippen LogP contribution in [0.4, 0.5) is 4.39 Å². The molecular weight excluding hydrogens is 314 g/mol. The predicted molar refractivity (Wildman–Crippen MR) is 85.9 cm³/mol. The van der Waals surface area contributed by atoms with Gasteiger partial charge < -0.3 is 5.73 Å². The average molecular weight is 329 g/mol. The maximum absolute atomic E-state index is 13.3. The molecule has 0 radical (unpaired) electrons. The molecule has 3 aromatic rings. The van der Waals surface area contributed by atoms with E-state index in [1.54, 1.807) is 12.3 Å². The van der Waals surface area contributed by atoms with Crippen LogP contribution < -0.4 is 5.73 Å². The lowest BCUT2D eigenvalue weighted by Gasteiger charge is -2.10. The Hall–Kier alpha value is -1.69. The molecule has 2 aromatic heterocycles. The normalized spacial score (nSPS) is 11.6. The Bertz CT molecular complexity index is 728. The van der Waals surface area contributed by atoms with Crippen LogP contribution in [0.2, 0.25) is 0 Å². The van der Waals surface area contributed by atoms with Crippen molar-refractivity contribution in [3.63, 3.8) is 0 Å². The van der Waals surface area contributed by atoms with Gasteiger partial charge in [0.15, 0.2) is 0 Å². The molecule has 0 aliphatic carbocycles. The van der Waals surface area contributed by atoms with Gasteiger partial charge in [0.05, 0.1) is 17.1 Å². The van der Waals surface area contributed by atoms with Crippen molar-refractivity contribution in [2.75, 3.05) is 0 Å². The summed E-state index contributed by atoms with van der Waals surface area (Å²) >= 11 is 0. The zero-order valence-corrected chi connectivity index (χ0v) is 12.9. The van der Waals surface area contributed by atoms with Gasteiger partial charge in [-0.1, -0.05) is 6.07 Å². The highest BCUT2D eigenvalue weighted by molar-refractivity contribution is 5.85. The number of rotatable bonds is 2. The summed E-state index contributed by atoms with van der Waals surface area (Å²) in [6, 6.07) is 9.85. The number of nitrogens with two attached hydrogens (primary N) is 1. The Kier molecular flexibility index (Phi) is 5.66. The molecule has 1 aromatic carbocycles. The minimum absolute atomic E-state index is 0.